The summed E-state index contributed by atoms with van der Waals surface area (Å²) in [6.45, 7) is 6.08. The lowest BCUT2D eigenvalue weighted by atomic mass is 9.86. The number of hydrogen-bond acceptors (Lipinski definition) is 2. The van der Waals surface area contributed by atoms with Crippen LogP contribution in [0.5, 0.6) is 0 Å². The molecule has 170 valence electrons. The number of carbonyl (C=O) groups is 2. The second kappa shape index (κ2) is 9.06. The van der Waals surface area contributed by atoms with Crippen molar-refractivity contribution in [2.45, 2.75) is 39.3 Å². The molecule has 1 aliphatic heterocycles. The van der Waals surface area contributed by atoms with Gasteiger partial charge in [-0.15, -0.1) is 0 Å². The van der Waals surface area contributed by atoms with E-state index in [1.807, 2.05) is 45.0 Å². The number of benzene rings is 3. The number of rotatable bonds is 5. The third kappa shape index (κ3) is 4.51. The molecule has 0 saturated carbocycles. The Morgan fingerprint density at radius 3 is 2.58 bits per heavy atom. The van der Waals surface area contributed by atoms with Crippen molar-refractivity contribution in [3.8, 4) is 0 Å². The van der Waals surface area contributed by atoms with Gasteiger partial charge in [-0.2, -0.15) is 0 Å². The molecule has 2 amide bonds. The van der Waals surface area contributed by atoms with E-state index in [1.165, 1.54) is 17.0 Å². The first-order valence-corrected chi connectivity index (χ1v) is 12.0. The molecule has 3 aromatic rings. The molecule has 7 heteroatoms. The molecule has 0 radical (unpaired) electrons. The molecule has 3 aromatic carbocycles. The molecule has 0 saturated heterocycles. The first-order valence-electron chi connectivity index (χ1n) is 10.5. The first kappa shape index (κ1) is 23.7. The van der Waals surface area contributed by atoms with Gasteiger partial charge < -0.3 is 10.2 Å². The third-order valence-corrected chi connectivity index (χ3v) is 7.15. The molecule has 4 nitrogen and oxygen atoms in total. The van der Waals surface area contributed by atoms with E-state index in [2.05, 4.69) is 27.9 Å². The number of amides is 2. The highest BCUT2D eigenvalue weighted by Gasteiger charge is 2.46. The summed E-state index contributed by atoms with van der Waals surface area (Å²) < 4.78 is 15.3. The summed E-state index contributed by atoms with van der Waals surface area (Å²) in [7, 11) is 0. The smallest absolute Gasteiger partial charge is 0.251 e. The standard InChI is InChI=1S/C26H23ClFIN2O2/c1-15-6-4-7-16(10-15)13-30-24(32)17-11-21(29)23-22(12-17)31(25(33)26(23,2)3)14-18-19(27)8-5-9-20(18)28/h4-12H,13-14H2,1-3H3,(H,30,32). The van der Waals surface area contributed by atoms with E-state index in [-0.39, 0.29) is 28.9 Å². The van der Waals surface area contributed by atoms with Crippen LogP contribution < -0.4 is 10.2 Å². The van der Waals surface area contributed by atoms with E-state index >= 15 is 0 Å². The van der Waals surface area contributed by atoms with Gasteiger partial charge in [-0.1, -0.05) is 47.5 Å². The van der Waals surface area contributed by atoms with Gasteiger partial charge in [-0.25, -0.2) is 4.39 Å². The van der Waals surface area contributed by atoms with E-state index in [9.17, 15) is 14.0 Å². The molecular weight excluding hydrogens is 554 g/mol. The van der Waals surface area contributed by atoms with Crippen molar-refractivity contribution in [2.24, 2.45) is 0 Å². The Balaban J connectivity index is 1.68. The zero-order chi connectivity index (χ0) is 23.9. The third-order valence-electron chi connectivity index (χ3n) is 5.94. The number of hydrogen-bond donors (Lipinski definition) is 1. The number of fused-ring (bicyclic) bond motifs is 1. The van der Waals surface area contributed by atoms with Crippen LogP contribution in [0.3, 0.4) is 0 Å². The van der Waals surface area contributed by atoms with Crippen LogP contribution in [-0.2, 0) is 23.3 Å². The second-order valence-electron chi connectivity index (χ2n) is 8.74. The van der Waals surface area contributed by atoms with E-state index in [1.54, 1.807) is 18.2 Å². The monoisotopic (exact) mass is 576 g/mol. The van der Waals surface area contributed by atoms with Gasteiger partial charge in [0.1, 0.15) is 5.82 Å². The minimum Gasteiger partial charge on any atom is -0.348 e. The summed E-state index contributed by atoms with van der Waals surface area (Å²) in [5.74, 6) is -0.867. The SMILES string of the molecule is Cc1cccc(CNC(=O)c2cc(I)c3c(c2)N(Cc2c(F)cccc2Cl)C(=O)C3(C)C)c1. The van der Waals surface area contributed by atoms with Crippen LogP contribution >= 0.6 is 34.2 Å². The Labute approximate surface area is 211 Å². The molecule has 1 N–H and O–H groups in total. The molecule has 0 fully saturated rings. The van der Waals surface area contributed by atoms with E-state index < -0.39 is 11.2 Å². The minimum absolute atomic E-state index is 0.00872. The zero-order valence-electron chi connectivity index (χ0n) is 18.5. The number of halogens is 3. The molecule has 0 atom stereocenters. The number of aryl methyl sites for hydroxylation is 1. The highest BCUT2D eigenvalue weighted by Crippen LogP contribution is 2.45. The van der Waals surface area contributed by atoms with Crippen molar-refractivity contribution in [2.75, 3.05) is 4.90 Å². The Bertz CT molecular complexity index is 1250. The maximum Gasteiger partial charge on any atom is 0.251 e. The maximum absolute atomic E-state index is 14.5. The lowest BCUT2D eigenvalue weighted by molar-refractivity contribution is -0.122. The van der Waals surface area contributed by atoms with Gasteiger partial charge in [-0.3, -0.25) is 9.59 Å². The highest BCUT2D eigenvalue weighted by atomic mass is 127. The lowest BCUT2D eigenvalue weighted by Gasteiger charge is -2.21. The van der Waals surface area contributed by atoms with E-state index in [0.717, 1.165) is 20.3 Å². The molecular formula is C26H23ClFIN2O2. The van der Waals surface area contributed by atoms with Crippen LogP contribution in [0.15, 0.2) is 54.6 Å². The summed E-state index contributed by atoms with van der Waals surface area (Å²) in [5.41, 5.74) is 3.46. The zero-order valence-corrected chi connectivity index (χ0v) is 21.4. The van der Waals surface area contributed by atoms with Gasteiger partial charge in [0, 0.05) is 31.8 Å². The van der Waals surface area contributed by atoms with Gasteiger partial charge in [0.15, 0.2) is 0 Å². The molecule has 0 bridgehead atoms. The van der Waals surface area contributed by atoms with Crippen LogP contribution in [0.1, 0.15) is 46.5 Å². The first-order chi connectivity index (χ1) is 15.6. The molecule has 0 aliphatic carbocycles. The van der Waals surface area contributed by atoms with Crippen molar-refractivity contribution in [1.29, 1.82) is 0 Å². The van der Waals surface area contributed by atoms with Crippen molar-refractivity contribution in [3.63, 3.8) is 0 Å². The molecule has 0 aromatic heterocycles. The molecule has 4 rings (SSSR count). The van der Waals surface area contributed by atoms with Crippen LogP contribution in [0, 0.1) is 16.3 Å². The van der Waals surface area contributed by atoms with Crippen LogP contribution in [0.25, 0.3) is 0 Å². The highest BCUT2D eigenvalue weighted by molar-refractivity contribution is 14.1. The summed E-state index contributed by atoms with van der Waals surface area (Å²) in [5, 5.41) is 3.21. The van der Waals surface area contributed by atoms with E-state index in [0.29, 0.717) is 17.8 Å². The summed E-state index contributed by atoms with van der Waals surface area (Å²) in [4.78, 5) is 27.8. The van der Waals surface area contributed by atoms with Crippen molar-refractivity contribution in [1.82, 2.24) is 5.32 Å². The van der Waals surface area contributed by atoms with Crippen LogP contribution in [-0.4, -0.2) is 11.8 Å². The van der Waals surface area contributed by atoms with Crippen LogP contribution in [0.2, 0.25) is 5.02 Å². The number of nitrogens with zero attached hydrogens (tertiary/aromatic N) is 1. The normalized spacial score (nSPS) is 14.4. The Kier molecular flexibility index (Phi) is 6.51. The summed E-state index contributed by atoms with van der Waals surface area (Å²) in [6, 6.07) is 15.9. The maximum atomic E-state index is 14.5. The fourth-order valence-corrected chi connectivity index (χ4v) is 5.72. The minimum atomic E-state index is -0.805. The molecule has 1 aliphatic rings. The summed E-state index contributed by atoms with van der Waals surface area (Å²) >= 11 is 8.39. The number of nitrogens with one attached hydrogen (secondary N) is 1. The Hall–Kier alpha value is -2.45. The average molecular weight is 577 g/mol. The second-order valence-corrected chi connectivity index (χ2v) is 10.3. The largest absolute Gasteiger partial charge is 0.348 e. The fourth-order valence-electron chi connectivity index (χ4n) is 4.21. The predicted octanol–water partition coefficient (Wildman–Crippen LogP) is 6.15. The average Bonchev–Trinajstić information content (AvgIpc) is 2.95. The quantitative estimate of drug-likeness (QED) is 0.371. The molecule has 33 heavy (non-hydrogen) atoms. The molecule has 0 spiro atoms. The van der Waals surface area contributed by atoms with Crippen molar-refractivity contribution >= 4 is 51.7 Å². The van der Waals surface area contributed by atoms with Crippen molar-refractivity contribution in [3.05, 3.63) is 96.8 Å². The van der Waals surface area contributed by atoms with Crippen molar-refractivity contribution < 1.29 is 14.0 Å². The Morgan fingerprint density at radius 1 is 1.15 bits per heavy atom. The van der Waals surface area contributed by atoms with Gasteiger partial charge in [0.25, 0.3) is 5.91 Å². The fraction of sp³-hybridized carbons (Fsp3) is 0.231. The van der Waals surface area contributed by atoms with Gasteiger partial charge in [0.05, 0.1) is 17.6 Å². The Morgan fingerprint density at radius 2 is 1.88 bits per heavy atom. The lowest BCUT2D eigenvalue weighted by Crippen LogP contribution is -2.36. The topological polar surface area (TPSA) is 49.4 Å². The predicted molar refractivity (Wildman–Crippen MR) is 137 cm³/mol. The number of anilines is 1. The number of carbonyl (C=O) groups excluding carboxylic acids is 2. The van der Waals surface area contributed by atoms with Gasteiger partial charge in [0.2, 0.25) is 5.91 Å². The van der Waals surface area contributed by atoms with Gasteiger partial charge >= 0.3 is 0 Å². The van der Waals surface area contributed by atoms with Crippen LogP contribution in [0.4, 0.5) is 10.1 Å². The molecule has 1 heterocycles. The van der Waals surface area contributed by atoms with Gasteiger partial charge in [-0.05, 0) is 73.2 Å². The van der Waals surface area contributed by atoms with E-state index in [4.69, 9.17) is 11.6 Å². The summed E-state index contributed by atoms with van der Waals surface area (Å²) in [6.07, 6.45) is 0. The molecule has 0 unspecified atom stereocenters.